The van der Waals surface area contributed by atoms with Gasteiger partial charge in [-0.2, -0.15) is 0 Å². The summed E-state index contributed by atoms with van der Waals surface area (Å²) in [4.78, 5) is 20.7. The first-order chi connectivity index (χ1) is 6.45. The Kier molecular flexibility index (Phi) is 2.29. The van der Waals surface area contributed by atoms with Crippen molar-refractivity contribution in [1.29, 1.82) is 0 Å². The van der Waals surface area contributed by atoms with E-state index in [1.165, 1.54) is 0 Å². The van der Waals surface area contributed by atoms with Gasteiger partial charge in [0.1, 0.15) is 0 Å². The monoisotopic (exact) mass is 196 g/mol. The molecule has 0 aliphatic heterocycles. The fraction of sp³-hybridized carbons (Fsp3) is 0. The van der Waals surface area contributed by atoms with E-state index in [-0.39, 0.29) is 0 Å². The van der Waals surface area contributed by atoms with Crippen LogP contribution in [0.3, 0.4) is 0 Å². The van der Waals surface area contributed by atoms with E-state index < -0.39 is 34.6 Å². The summed E-state index contributed by atoms with van der Waals surface area (Å²) in [7, 11) is 0. The van der Waals surface area contributed by atoms with E-state index in [0.29, 0.717) is 0 Å². The summed E-state index contributed by atoms with van der Waals surface area (Å²) >= 11 is 0. The lowest BCUT2D eigenvalue weighted by molar-refractivity contribution is -0.318. The first-order valence-electron chi connectivity index (χ1n) is 3.42. The predicted molar refractivity (Wildman–Crippen MR) is 39.3 cm³/mol. The molecule has 0 amide bonds. The average molecular weight is 196 g/mol. The highest BCUT2D eigenvalue weighted by Crippen LogP contribution is 2.27. The molecule has 0 aliphatic carbocycles. The number of carboxylic acids is 2. The molecule has 0 spiro atoms. The number of hydrogen-bond acceptors (Lipinski definition) is 4. The Hall–Kier alpha value is -2.24. The number of carboxylic acid groups (broad SMARTS) is 2. The summed E-state index contributed by atoms with van der Waals surface area (Å²) in [5, 5.41) is 38.8. The van der Waals surface area contributed by atoms with Crippen molar-refractivity contribution in [3.05, 3.63) is 23.3 Å². The van der Waals surface area contributed by atoms with Crippen molar-refractivity contribution >= 4 is 11.9 Å². The molecule has 14 heavy (non-hydrogen) atoms. The highest BCUT2D eigenvalue weighted by Gasteiger charge is 2.09. The lowest BCUT2D eigenvalue weighted by atomic mass is 10.1. The van der Waals surface area contributed by atoms with Crippen LogP contribution in [0.1, 0.15) is 20.7 Å². The minimum absolute atomic E-state index is 0.722. The Morgan fingerprint density at radius 3 is 1.43 bits per heavy atom. The van der Waals surface area contributed by atoms with Gasteiger partial charge in [-0.3, -0.25) is 0 Å². The van der Waals surface area contributed by atoms with E-state index in [9.17, 15) is 19.8 Å². The molecule has 0 atom stereocenters. The molecule has 1 aromatic carbocycles. The number of benzene rings is 1. The van der Waals surface area contributed by atoms with Crippen molar-refractivity contribution in [3.8, 4) is 11.5 Å². The standard InChI is InChI=1S/C8H6O6/c9-5-3(7(11)12)1-2-4(6(5)10)8(13)14/h1-2,9-10H,(H,11,12)(H,13,14)/p-2. The summed E-state index contributed by atoms with van der Waals surface area (Å²) in [6.07, 6.45) is 0. The molecule has 1 aromatic rings. The summed E-state index contributed by atoms with van der Waals surface area (Å²) in [5.74, 6) is -5.72. The number of aromatic carboxylic acids is 2. The van der Waals surface area contributed by atoms with Gasteiger partial charge in [0.05, 0.1) is 11.1 Å². The van der Waals surface area contributed by atoms with Gasteiger partial charge in [0.15, 0.2) is 0 Å². The highest BCUT2D eigenvalue weighted by atomic mass is 16.4. The van der Waals surface area contributed by atoms with E-state index in [1.807, 2.05) is 0 Å². The number of rotatable bonds is 2. The number of carbonyl (C=O) groups is 2. The van der Waals surface area contributed by atoms with Crippen LogP contribution in [0, 0.1) is 0 Å². The van der Waals surface area contributed by atoms with Crippen LogP contribution in [0.25, 0.3) is 0 Å². The Balaban J connectivity index is 3.41. The molecule has 0 radical (unpaired) electrons. The Morgan fingerprint density at radius 2 is 1.21 bits per heavy atom. The van der Waals surface area contributed by atoms with Crippen molar-refractivity contribution in [1.82, 2.24) is 0 Å². The minimum Gasteiger partial charge on any atom is -0.872 e. The van der Waals surface area contributed by atoms with Crippen LogP contribution in [0.2, 0.25) is 0 Å². The lowest BCUT2D eigenvalue weighted by Crippen LogP contribution is -2.12. The Labute approximate surface area is 77.7 Å². The van der Waals surface area contributed by atoms with Gasteiger partial charge in [-0.25, -0.2) is 9.59 Å². The molecule has 0 bridgehead atoms. The maximum Gasteiger partial charge on any atom is 0.335 e. The van der Waals surface area contributed by atoms with E-state index in [2.05, 4.69) is 0 Å². The molecule has 1 rings (SSSR count). The normalized spacial score (nSPS) is 9.71. The van der Waals surface area contributed by atoms with Gasteiger partial charge >= 0.3 is 11.9 Å². The fourth-order valence-electron chi connectivity index (χ4n) is 0.899. The van der Waals surface area contributed by atoms with E-state index in [1.54, 1.807) is 0 Å². The molecule has 74 valence electrons. The van der Waals surface area contributed by atoms with Crippen molar-refractivity contribution < 1.29 is 30.0 Å². The molecule has 0 aliphatic rings. The summed E-state index contributed by atoms with van der Waals surface area (Å²) in [6, 6.07) is 1.60. The maximum absolute atomic E-state index is 11.0. The first kappa shape index (κ1) is 9.85. The van der Waals surface area contributed by atoms with Crippen molar-refractivity contribution in [2.75, 3.05) is 0 Å². The van der Waals surface area contributed by atoms with Gasteiger partial charge in [-0.15, -0.1) is 11.5 Å². The van der Waals surface area contributed by atoms with E-state index >= 15 is 0 Å². The molecule has 2 N–H and O–H groups in total. The van der Waals surface area contributed by atoms with Gasteiger partial charge in [-0.05, 0) is 12.1 Å². The van der Waals surface area contributed by atoms with Crippen molar-refractivity contribution in [2.24, 2.45) is 0 Å². The largest absolute Gasteiger partial charge is 0.872 e. The Morgan fingerprint density at radius 1 is 0.929 bits per heavy atom. The minimum atomic E-state index is -1.55. The first-order valence-corrected chi connectivity index (χ1v) is 3.42. The zero-order valence-electron chi connectivity index (χ0n) is 6.68. The summed E-state index contributed by atoms with van der Waals surface area (Å²) in [5.41, 5.74) is -1.44. The smallest absolute Gasteiger partial charge is 0.335 e. The molecule has 6 nitrogen and oxygen atoms in total. The van der Waals surface area contributed by atoms with Gasteiger partial charge in [0.25, 0.3) is 0 Å². The second-order valence-electron chi connectivity index (χ2n) is 2.43. The van der Waals surface area contributed by atoms with Gasteiger partial charge in [0, 0.05) is 0 Å². The van der Waals surface area contributed by atoms with Crippen LogP contribution < -0.4 is 10.2 Å². The predicted octanol–water partition coefficient (Wildman–Crippen LogP) is -0.770. The molecule has 0 saturated carbocycles. The lowest BCUT2D eigenvalue weighted by Gasteiger charge is -2.22. The molecular weight excluding hydrogens is 192 g/mol. The fourth-order valence-corrected chi connectivity index (χ4v) is 0.899. The molecule has 0 fully saturated rings. The second-order valence-corrected chi connectivity index (χ2v) is 2.43. The maximum atomic E-state index is 11.0. The third kappa shape index (κ3) is 1.45. The quantitative estimate of drug-likeness (QED) is 0.640. The van der Waals surface area contributed by atoms with Gasteiger partial charge in [0.2, 0.25) is 0 Å². The van der Waals surface area contributed by atoms with Crippen LogP contribution in [0.15, 0.2) is 12.1 Å². The Bertz CT molecular complexity index is 370. The van der Waals surface area contributed by atoms with Gasteiger partial charge < -0.3 is 20.4 Å². The topological polar surface area (TPSA) is 121 Å². The van der Waals surface area contributed by atoms with Crippen LogP contribution >= 0.6 is 0 Å². The zero-order chi connectivity index (χ0) is 10.9. The molecule has 6 heteroatoms. The van der Waals surface area contributed by atoms with E-state index in [4.69, 9.17) is 10.2 Å². The van der Waals surface area contributed by atoms with Crippen LogP contribution in [0.5, 0.6) is 11.5 Å². The molecule has 0 aromatic heterocycles. The highest BCUT2D eigenvalue weighted by molar-refractivity contribution is 5.97. The van der Waals surface area contributed by atoms with Crippen molar-refractivity contribution in [3.63, 3.8) is 0 Å². The van der Waals surface area contributed by atoms with E-state index in [0.717, 1.165) is 12.1 Å². The summed E-state index contributed by atoms with van der Waals surface area (Å²) in [6.45, 7) is 0. The number of hydrogen-bond donors (Lipinski definition) is 2. The molecule has 0 saturated heterocycles. The molecule has 0 unspecified atom stereocenters. The van der Waals surface area contributed by atoms with Crippen LogP contribution in [-0.4, -0.2) is 22.2 Å². The van der Waals surface area contributed by atoms with Crippen LogP contribution in [-0.2, 0) is 0 Å². The zero-order valence-corrected chi connectivity index (χ0v) is 6.68. The molecular formula is C8H4O6-2. The molecule has 0 heterocycles. The van der Waals surface area contributed by atoms with Crippen molar-refractivity contribution in [2.45, 2.75) is 0 Å². The third-order valence-electron chi connectivity index (χ3n) is 1.57. The van der Waals surface area contributed by atoms with Gasteiger partial charge in [-0.1, -0.05) is 0 Å². The average Bonchev–Trinajstić information content (AvgIpc) is 2.08. The third-order valence-corrected chi connectivity index (χ3v) is 1.57. The SMILES string of the molecule is O=C(O)c1ccc(C(=O)O)c([O-])c1[O-]. The van der Waals surface area contributed by atoms with Crippen LogP contribution in [0.4, 0.5) is 0 Å². The second kappa shape index (κ2) is 3.25. The summed E-state index contributed by atoms with van der Waals surface area (Å²) < 4.78 is 0.